The molecule has 0 radical (unpaired) electrons. The number of hydroxylamine groups is 1. The Hall–Kier alpha value is -4.54. The van der Waals surface area contributed by atoms with Gasteiger partial charge in [0.1, 0.15) is 5.60 Å². The zero-order chi connectivity index (χ0) is 30.2. The first-order valence-electron chi connectivity index (χ1n) is 14.5. The summed E-state index contributed by atoms with van der Waals surface area (Å²) in [6.45, 7) is 7.14. The fourth-order valence-corrected chi connectivity index (χ4v) is 4.68. The number of benzene rings is 2. The lowest BCUT2D eigenvalue weighted by atomic mass is 10.0. The van der Waals surface area contributed by atoms with E-state index in [2.05, 4.69) is 21.1 Å². The molecule has 2 aromatic carbocycles. The third kappa shape index (κ3) is 8.27. The summed E-state index contributed by atoms with van der Waals surface area (Å²) >= 11 is 0. The first-order chi connectivity index (χ1) is 20.7. The van der Waals surface area contributed by atoms with Gasteiger partial charge in [-0.1, -0.05) is 36.4 Å². The Labute approximate surface area is 251 Å². The highest BCUT2D eigenvalue weighted by Crippen LogP contribution is 2.28. The largest absolute Gasteiger partial charge is 0.444 e. The fourth-order valence-electron chi connectivity index (χ4n) is 4.68. The van der Waals surface area contributed by atoms with Gasteiger partial charge in [0.05, 0.1) is 16.8 Å². The Morgan fingerprint density at radius 2 is 1.67 bits per heavy atom. The van der Waals surface area contributed by atoms with Crippen LogP contribution in [0.4, 0.5) is 10.5 Å². The van der Waals surface area contributed by atoms with E-state index in [9.17, 15) is 9.59 Å². The number of rotatable bonds is 9. The number of nitrogens with one attached hydrogen (secondary N) is 3. The van der Waals surface area contributed by atoms with Gasteiger partial charge in [-0.25, -0.2) is 20.1 Å². The normalized spacial score (nSPS) is 15.1. The minimum absolute atomic E-state index is 0.373. The summed E-state index contributed by atoms with van der Waals surface area (Å²) in [6.07, 6.45) is 5.16. The number of aromatic nitrogens is 2. The smallest absolute Gasteiger partial charge is 0.407 e. The van der Waals surface area contributed by atoms with Crippen LogP contribution in [0.3, 0.4) is 0 Å². The van der Waals surface area contributed by atoms with Crippen LogP contribution in [-0.2, 0) is 14.3 Å². The molecule has 4 aromatic rings. The molecule has 1 atom stereocenters. The average Bonchev–Trinajstić information content (AvgIpc) is 3.01. The monoisotopic (exact) mass is 583 g/mol. The van der Waals surface area contributed by atoms with Crippen molar-refractivity contribution in [3.05, 3.63) is 78.6 Å². The zero-order valence-corrected chi connectivity index (χ0v) is 24.7. The molecule has 0 bridgehead atoms. The van der Waals surface area contributed by atoms with Gasteiger partial charge in [-0.15, -0.1) is 0 Å². The molecule has 0 aliphatic carbocycles. The Balaban J connectivity index is 1.23. The van der Waals surface area contributed by atoms with E-state index < -0.39 is 18.0 Å². The van der Waals surface area contributed by atoms with E-state index in [1.54, 1.807) is 24.5 Å². The lowest BCUT2D eigenvalue weighted by Crippen LogP contribution is -2.34. The van der Waals surface area contributed by atoms with Gasteiger partial charge in [0.2, 0.25) is 0 Å². The van der Waals surface area contributed by atoms with Crippen molar-refractivity contribution in [3.8, 4) is 22.4 Å². The van der Waals surface area contributed by atoms with Gasteiger partial charge in [0.25, 0.3) is 5.91 Å². The Morgan fingerprint density at radius 1 is 0.953 bits per heavy atom. The SMILES string of the molecule is CC(C)(C)OC(=O)NCCNc1ccc(-c2ccc(-c3cc(C(=O)NOC4CCCCO4)c4cnccc4n3)cc2)cc1. The molecule has 10 nitrogen and oxygen atoms in total. The topological polar surface area (TPSA) is 124 Å². The molecule has 1 aliphatic heterocycles. The van der Waals surface area contributed by atoms with E-state index in [1.165, 1.54) is 0 Å². The van der Waals surface area contributed by atoms with Crippen LogP contribution < -0.4 is 16.1 Å². The zero-order valence-electron chi connectivity index (χ0n) is 24.7. The van der Waals surface area contributed by atoms with Crippen LogP contribution in [0.15, 0.2) is 73.1 Å². The number of ether oxygens (including phenoxy) is 2. The number of carbonyl (C=O) groups excluding carboxylic acids is 2. The molecule has 10 heteroatoms. The quantitative estimate of drug-likeness (QED) is 0.160. The number of hydrogen-bond acceptors (Lipinski definition) is 8. The predicted octanol–water partition coefficient (Wildman–Crippen LogP) is 6.09. The highest BCUT2D eigenvalue weighted by molar-refractivity contribution is 6.06. The Kier molecular flexibility index (Phi) is 9.48. The predicted molar refractivity (Wildman–Crippen MR) is 165 cm³/mol. The van der Waals surface area contributed by atoms with Gasteiger partial charge in [-0.3, -0.25) is 9.78 Å². The van der Waals surface area contributed by atoms with Crippen LogP contribution in [-0.4, -0.2) is 53.6 Å². The van der Waals surface area contributed by atoms with Crippen LogP contribution in [0.2, 0.25) is 0 Å². The molecule has 43 heavy (non-hydrogen) atoms. The summed E-state index contributed by atoms with van der Waals surface area (Å²) in [4.78, 5) is 39.4. The second-order valence-corrected chi connectivity index (χ2v) is 11.3. The van der Waals surface area contributed by atoms with Crippen LogP contribution in [0.1, 0.15) is 50.4 Å². The highest BCUT2D eigenvalue weighted by atomic mass is 16.8. The van der Waals surface area contributed by atoms with E-state index in [4.69, 9.17) is 19.3 Å². The van der Waals surface area contributed by atoms with Gasteiger partial charge in [-0.2, -0.15) is 0 Å². The van der Waals surface area contributed by atoms with Crippen molar-refractivity contribution in [2.24, 2.45) is 0 Å². The van der Waals surface area contributed by atoms with Gasteiger partial charge in [-0.05, 0) is 69.0 Å². The van der Waals surface area contributed by atoms with Crippen molar-refractivity contribution in [1.29, 1.82) is 0 Å². The number of amides is 2. The average molecular weight is 584 g/mol. The lowest BCUT2D eigenvalue weighted by molar-refractivity contribution is -0.186. The molecule has 0 spiro atoms. The fraction of sp³-hybridized carbons (Fsp3) is 0.333. The molecular weight excluding hydrogens is 546 g/mol. The summed E-state index contributed by atoms with van der Waals surface area (Å²) in [7, 11) is 0. The molecule has 2 aromatic heterocycles. The number of alkyl carbamates (subject to hydrolysis) is 1. The molecule has 5 rings (SSSR count). The number of hydrogen-bond donors (Lipinski definition) is 3. The minimum Gasteiger partial charge on any atom is -0.444 e. The number of anilines is 1. The Morgan fingerprint density at radius 3 is 2.37 bits per heavy atom. The number of nitrogens with zero attached hydrogens (tertiary/aromatic N) is 2. The molecule has 2 amide bonds. The summed E-state index contributed by atoms with van der Waals surface area (Å²) in [5, 5.41) is 6.68. The first-order valence-corrected chi connectivity index (χ1v) is 14.5. The van der Waals surface area contributed by atoms with Crippen LogP contribution in [0.25, 0.3) is 33.3 Å². The molecule has 1 aliphatic rings. The van der Waals surface area contributed by atoms with E-state index in [0.717, 1.165) is 41.6 Å². The van der Waals surface area contributed by atoms with Gasteiger partial charge in [0, 0.05) is 55.1 Å². The maximum absolute atomic E-state index is 13.1. The molecular formula is C33H37N5O5. The maximum Gasteiger partial charge on any atom is 0.407 e. The van der Waals surface area contributed by atoms with E-state index in [0.29, 0.717) is 41.9 Å². The van der Waals surface area contributed by atoms with Crippen molar-refractivity contribution < 1.29 is 23.9 Å². The molecule has 3 N–H and O–H groups in total. The van der Waals surface area contributed by atoms with E-state index >= 15 is 0 Å². The van der Waals surface area contributed by atoms with Gasteiger partial charge < -0.3 is 20.1 Å². The first kappa shape index (κ1) is 29.9. The van der Waals surface area contributed by atoms with E-state index in [-0.39, 0.29) is 5.91 Å². The molecule has 3 heterocycles. The van der Waals surface area contributed by atoms with Crippen molar-refractivity contribution in [1.82, 2.24) is 20.8 Å². The van der Waals surface area contributed by atoms with Crippen LogP contribution >= 0.6 is 0 Å². The van der Waals surface area contributed by atoms with Crippen molar-refractivity contribution >= 4 is 28.6 Å². The molecule has 0 saturated carbocycles. The lowest BCUT2D eigenvalue weighted by Gasteiger charge is -2.22. The maximum atomic E-state index is 13.1. The van der Waals surface area contributed by atoms with Crippen molar-refractivity contribution in [2.45, 2.75) is 51.9 Å². The summed E-state index contributed by atoms with van der Waals surface area (Å²) in [5.41, 5.74) is 7.73. The van der Waals surface area contributed by atoms with Gasteiger partial charge >= 0.3 is 6.09 Å². The molecule has 1 fully saturated rings. The minimum atomic E-state index is -0.520. The third-order valence-corrected chi connectivity index (χ3v) is 6.80. The summed E-state index contributed by atoms with van der Waals surface area (Å²) in [6, 6.07) is 19.7. The third-order valence-electron chi connectivity index (χ3n) is 6.80. The standard InChI is InChI=1S/C33H37N5O5/c1-33(2,3)42-32(40)36-18-17-35-25-13-11-23(12-14-25)22-7-9-24(10-8-22)29-20-26(27-21-34-16-15-28(27)37-29)31(39)38-43-30-6-4-5-19-41-30/h7-16,20-21,30,35H,4-6,17-19H2,1-3H3,(H,36,40)(H,38,39). The molecule has 224 valence electrons. The molecule has 1 saturated heterocycles. The van der Waals surface area contributed by atoms with Crippen molar-refractivity contribution in [3.63, 3.8) is 0 Å². The van der Waals surface area contributed by atoms with E-state index in [1.807, 2.05) is 69.3 Å². The van der Waals surface area contributed by atoms with Crippen LogP contribution in [0.5, 0.6) is 0 Å². The van der Waals surface area contributed by atoms with Crippen LogP contribution in [0, 0.1) is 0 Å². The number of carbonyl (C=O) groups is 2. The Bertz CT molecular complexity index is 1550. The van der Waals surface area contributed by atoms with Gasteiger partial charge in [0.15, 0.2) is 6.29 Å². The summed E-state index contributed by atoms with van der Waals surface area (Å²) < 4.78 is 10.8. The second-order valence-electron chi connectivity index (χ2n) is 11.3. The van der Waals surface area contributed by atoms with Crippen molar-refractivity contribution in [2.75, 3.05) is 25.0 Å². The number of pyridine rings is 2. The second kappa shape index (κ2) is 13.6. The highest BCUT2D eigenvalue weighted by Gasteiger charge is 2.19. The summed E-state index contributed by atoms with van der Waals surface area (Å²) in [5.74, 6) is -0.373. The number of fused-ring (bicyclic) bond motifs is 1. The molecule has 1 unspecified atom stereocenters.